The van der Waals surface area contributed by atoms with Crippen LogP contribution in [-0.2, 0) is 24.3 Å². The second-order valence-corrected chi connectivity index (χ2v) is 8.30. The Morgan fingerprint density at radius 2 is 1.60 bits per heavy atom. The van der Waals surface area contributed by atoms with Gasteiger partial charge in [0.2, 0.25) is 10.0 Å². The molecule has 0 aliphatic rings. The molecule has 0 spiro atoms. The van der Waals surface area contributed by atoms with E-state index in [-0.39, 0.29) is 10.8 Å². The van der Waals surface area contributed by atoms with Gasteiger partial charge in [-0.3, -0.25) is 14.4 Å². The van der Waals surface area contributed by atoms with Crippen LogP contribution in [0.15, 0.2) is 59.5 Å². The first-order valence-electron chi connectivity index (χ1n) is 8.96. The predicted octanol–water partition coefficient (Wildman–Crippen LogP) is 1.24. The van der Waals surface area contributed by atoms with Crippen LogP contribution in [0, 0.1) is 0 Å². The van der Waals surface area contributed by atoms with Crippen molar-refractivity contribution in [2.24, 2.45) is 0 Å². The van der Waals surface area contributed by atoms with Crippen LogP contribution >= 0.6 is 0 Å². The van der Waals surface area contributed by atoms with Crippen molar-refractivity contribution in [2.45, 2.75) is 17.9 Å². The van der Waals surface area contributed by atoms with Crippen LogP contribution in [0.1, 0.15) is 17.3 Å². The van der Waals surface area contributed by atoms with Crippen LogP contribution in [-0.4, -0.2) is 57.8 Å². The molecule has 2 aromatic carbocycles. The molecule has 1 atom stereocenters. The summed E-state index contributed by atoms with van der Waals surface area (Å²) in [5, 5.41) is 2.53. The van der Waals surface area contributed by atoms with Gasteiger partial charge in [0.1, 0.15) is 6.04 Å². The maximum Gasteiger partial charge on any atom is 0.324 e. The molecule has 0 radical (unpaired) electrons. The summed E-state index contributed by atoms with van der Waals surface area (Å²) in [6.07, 6.45) is 0. The van der Waals surface area contributed by atoms with Crippen molar-refractivity contribution >= 4 is 33.5 Å². The van der Waals surface area contributed by atoms with E-state index in [4.69, 9.17) is 4.74 Å². The average Bonchev–Trinajstić information content (AvgIpc) is 2.72. The quantitative estimate of drug-likeness (QED) is 0.604. The van der Waals surface area contributed by atoms with Crippen LogP contribution in [0.4, 0.5) is 5.69 Å². The lowest BCUT2D eigenvalue weighted by Gasteiger charge is -2.14. The number of anilines is 1. The predicted molar refractivity (Wildman–Crippen MR) is 110 cm³/mol. The van der Waals surface area contributed by atoms with E-state index in [1.807, 2.05) is 0 Å². The number of nitrogens with one attached hydrogen (secondary N) is 2. The summed E-state index contributed by atoms with van der Waals surface area (Å²) in [6, 6.07) is 12.6. The minimum atomic E-state index is -3.89. The highest BCUT2D eigenvalue weighted by Gasteiger charge is 2.23. The van der Waals surface area contributed by atoms with Crippen molar-refractivity contribution in [3.63, 3.8) is 0 Å². The summed E-state index contributed by atoms with van der Waals surface area (Å²) in [4.78, 5) is 37.3. The fourth-order valence-electron chi connectivity index (χ4n) is 2.36. The second kappa shape index (κ2) is 9.99. The topological polar surface area (TPSA) is 122 Å². The van der Waals surface area contributed by atoms with Crippen molar-refractivity contribution < 1.29 is 27.5 Å². The third-order valence-electron chi connectivity index (χ3n) is 3.91. The third kappa shape index (κ3) is 6.39. The van der Waals surface area contributed by atoms with Gasteiger partial charge in [0.15, 0.2) is 6.61 Å². The minimum absolute atomic E-state index is 0.0126. The Labute approximate surface area is 175 Å². The summed E-state index contributed by atoms with van der Waals surface area (Å²) in [5.41, 5.74) is 0.883. The third-order valence-corrected chi connectivity index (χ3v) is 5.46. The van der Waals surface area contributed by atoms with Gasteiger partial charge in [-0.2, -0.15) is 4.72 Å². The number of sulfonamides is 1. The van der Waals surface area contributed by atoms with Crippen LogP contribution in [0.3, 0.4) is 0 Å². The summed E-state index contributed by atoms with van der Waals surface area (Å²) < 4.78 is 31.5. The van der Waals surface area contributed by atoms with Gasteiger partial charge in [-0.25, -0.2) is 8.42 Å². The number of carbonyl (C=O) groups excluding carboxylic acids is 3. The van der Waals surface area contributed by atoms with Gasteiger partial charge in [0.05, 0.1) is 4.90 Å². The lowest BCUT2D eigenvalue weighted by molar-refractivity contribution is -0.148. The number of ether oxygens (including phenoxy) is 1. The number of rotatable bonds is 8. The number of hydrogen-bond acceptors (Lipinski definition) is 6. The molecular formula is C20H23N3O6S. The zero-order valence-electron chi connectivity index (χ0n) is 16.8. The first kappa shape index (κ1) is 23.0. The van der Waals surface area contributed by atoms with E-state index in [0.29, 0.717) is 11.3 Å². The zero-order chi connectivity index (χ0) is 22.3. The molecule has 0 heterocycles. The van der Waals surface area contributed by atoms with E-state index in [0.717, 1.165) is 0 Å². The SMILES string of the molecule is C[C@H](NS(=O)(=O)c1ccccc1)C(=O)OCC(=O)Nc1ccc(C(=O)N(C)C)cc1. The van der Waals surface area contributed by atoms with Crippen LogP contribution in [0.5, 0.6) is 0 Å². The lowest BCUT2D eigenvalue weighted by atomic mass is 10.2. The molecule has 10 heteroatoms. The Morgan fingerprint density at radius 1 is 1.00 bits per heavy atom. The Morgan fingerprint density at radius 3 is 2.17 bits per heavy atom. The Balaban J connectivity index is 1.85. The average molecular weight is 433 g/mol. The molecule has 0 saturated heterocycles. The van der Waals surface area contributed by atoms with Crippen molar-refractivity contribution in [3.05, 3.63) is 60.2 Å². The molecular weight excluding hydrogens is 410 g/mol. The molecule has 0 aliphatic heterocycles. The number of carbonyl (C=O) groups is 3. The molecule has 0 aromatic heterocycles. The number of benzene rings is 2. The highest BCUT2D eigenvalue weighted by molar-refractivity contribution is 7.89. The fraction of sp³-hybridized carbons (Fsp3) is 0.250. The van der Waals surface area contributed by atoms with Crippen LogP contribution in [0.2, 0.25) is 0 Å². The summed E-state index contributed by atoms with van der Waals surface area (Å²) in [5.74, 6) is -1.67. The van der Waals surface area contributed by atoms with Gasteiger partial charge in [0.25, 0.3) is 11.8 Å². The van der Waals surface area contributed by atoms with E-state index < -0.39 is 34.5 Å². The summed E-state index contributed by atoms with van der Waals surface area (Å²) >= 11 is 0. The van der Waals surface area contributed by atoms with Crippen molar-refractivity contribution in [2.75, 3.05) is 26.0 Å². The molecule has 0 fully saturated rings. The molecule has 2 amide bonds. The minimum Gasteiger partial charge on any atom is -0.454 e. The van der Waals surface area contributed by atoms with E-state index >= 15 is 0 Å². The van der Waals surface area contributed by atoms with Crippen molar-refractivity contribution in [3.8, 4) is 0 Å². The molecule has 0 aliphatic carbocycles. The van der Waals surface area contributed by atoms with E-state index in [9.17, 15) is 22.8 Å². The number of amides is 2. The number of nitrogens with zero attached hydrogens (tertiary/aromatic N) is 1. The highest BCUT2D eigenvalue weighted by atomic mass is 32.2. The summed E-state index contributed by atoms with van der Waals surface area (Å²) in [6.45, 7) is 0.732. The van der Waals surface area contributed by atoms with Gasteiger partial charge >= 0.3 is 5.97 Å². The largest absolute Gasteiger partial charge is 0.454 e. The van der Waals surface area contributed by atoms with Crippen LogP contribution in [0.25, 0.3) is 0 Å². The summed E-state index contributed by atoms with van der Waals surface area (Å²) in [7, 11) is -0.627. The number of esters is 1. The molecule has 9 nitrogen and oxygen atoms in total. The maximum absolute atomic E-state index is 12.2. The monoisotopic (exact) mass is 433 g/mol. The number of hydrogen-bond donors (Lipinski definition) is 2. The van der Waals surface area contributed by atoms with Crippen molar-refractivity contribution in [1.82, 2.24) is 9.62 Å². The van der Waals surface area contributed by atoms with Gasteiger partial charge in [0, 0.05) is 25.3 Å². The fourth-order valence-corrected chi connectivity index (χ4v) is 3.57. The second-order valence-electron chi connectivity index (χ2n) is 6.59. The lowest BCUT2D eigenvalue weighted by Crippen LogP contribution is -2.40. The molecule has 30 heavy (non-hydrogen) atoms. The van der Waals surface area contributed by atoms with E-state index in [1.54, 1.807) is 56.6 Å². The Bertz CT molecular complexity index is 1000. The van der Waals surface area contributed by atoms with Gasteiger partial charge in [-0.1, -0.05) is 18.2 Å². The smallest absolute Gasteiger partial charge is 0.324 e. The molecule has 0 unspecified atom stereocenters. The standard InChI is InChI=1S/C20H23N3O6S/c1-14(22-30(27,28)17-7-5-4-6-8-17)20(26)29-13-18(24)21-16-11-9-15(10-12-16)19(25)23(2)3/h4-12,14,22H,13H2,1-3H3,(H,21,24)/t14-/m0/s1. The van der Waals surface area contributed by atoms with E-state index in [2.05, 4.69) is 10.0 Å². The molecule has 2 aromatic rings. The van der Waals surface area contributed by atoms with Gasteiger partial charge < -0.3 is 15.0 Å². The molecule has 160 valence electrons. The normalized spacial score (nSPS) is 12.0. The van der Waals surface area contributed by atoms with Gasteiger partial charge in [-0.05, 0) is 43.3 Å². The van der Waals surface area contributed by atoms with E-state index in [1.165, 1.54) is 24.0 Å². The highest BCUT2D eigenvalue weighted by Crippen LogP contribution is 2.11. The molecule has 2 N–H and O–H groups in total. The Hall–Kier alpha value is -3.24. The Kier molecular flexibility index (Phi) is 7.67. The molecule has 2 rings (SSSR count). The first-order chi connectivity index (χ1) is 14.1. The zero-order valence-corrected chi connectivity index (χ0v) is 17.6. The molecule has 0 bridgehead atoms. The first-order valence-corrected chi connectivity index (χ1v) is 10.4. The van der Waals surface area contributed by atoms with Gasteiger partial charge in [-0.15, -0.1) is 0 Å². The maximum atomic E-state index is 12.2. The molecule has 0 saturated carbocycles. The van der Waals surface area contributed by atoms with Crippen molar-refractivity contribution in [1.29, 1.82) is 0 Å². The van der Waals surface area contributed by atoms with Crippen LogP contribution < -0.4 is 10.0 Å².